The van der Waals surface area contributed by atoms with Gasteiger partial charge in [-0.05, 0) is 31.1 Å². The Morgan fingerprint density at radius 3 is 2.58 bits per heavy atom. The molecule has 0 aromatic carbocycles. The molecule has 1 aliphatic carbocycles. The standard InChI is InChI=1S/C11H20O/c1-11(2,3)8-9-5-4-6-10(12)7-9/h8,10,12H,4-7H2,1-3H3/b9-8+/t10-/m1/s1. The fourth-order valence-electron chi connectivity index (χ4n) is 1.81. The van der Waals surface area contributed by atoms with Crippen molar-refractivity contribution in [3.63, 3.8) is 0 Å². The summed E-state index contributed by atoms with van der Waals surface area (Å²) in [5.41, 5.74) is 1.72. The van der Waals surface area contributed by atoms with E-state index in [1.54, 1.807) is 0 Å². The number of hydrogen-bond acceptors (Lipinski definition) is 1. The van der Waals surface area contributed by atoms with E-state index in [2.05, 4.69) is 26.8 Å². The third-order valence-corrected chi connectivity index (χ3v) is 2.17. The van der Waals surface area contributed by atoms with Crippen LogP contribution in [0.5, 0.6) is 0 Å². The molecular formula is C11H20O. The first kappa shape index (κ1) is 9.79. The second kappa shape index (κ2) is 3.61. The topological polar surface area (TPSA) is 20.2 Å². The van der Waals surface area contributed by atoms with E-state index in [1.807, 2.05) is 0 Å². The molecule has 0 heterocycles. The minimum atomic E-state index is -0.0765. The molecule has 1 heteroatoms. The van der Waals surface area contributed by atoms with E-state index < -0.39 is 0 Å². The van der Waals surface area contributed by atoms with E-state index in [-0.39, 0.29) is 11.5 Å². The molecule has 0 bridgehead atoms. The minimum Gasteiger partial charge on any atom is -0.393 e. The maximum Gasteiger partial charge on any atom is 0.0577 e. The summed E-state index contributed by atoms with van der Waals surface area (Å²) in [6, 6.07) is 0. The molecule has 0 aromatic rings. The maximum atomic E-state index is 9.44. The molecule has 0 spiro atoms. The van der Waals surface area contributed by atoms with Crippen molar-refractivity contribution < 1.29 is 5.11 Å². The van der Waals surface area contributed by atoms with Gasteiger partial charge in [-0.25, -0.2) is 0 Å². The van der Waals surface area contributed by atoms with E-state index in [0.717, 1.165) is 19.3 Å². The van der Waals surface area contributed by atoms with E-state index in [9.17, 15) is 5.11 Å². The first-order valence-corrected chi connectivity index (χ1v) is 4.86. The predicted molar refractivity (Wildman–Crippen MR) is 52.0 cm³/mol. The molecule has 1 aliphatic rings. The van der Waals surface area contributed by atoms with Crippen LogP contribution in [0.3, 0.4) is 0 Å². The Bertz CT molecular complexity index is 174. The lowest BCUT2D eigenvalue weighted by Crippen LogP contribution is -2.14. The Morgan fingerprint density at radius 2 is 2.08 bits per heavy atom. The molecule has 1 rings (SSSR count). The van der Waals surface area contributed by atoms with Crippen LogP contribution in [-0.2, 0) is 0 Å². The summed E-state index contributed by atoms with van der Waals surface area (Å²) >= 11 is 0. The number of aliphatic hydroxyl groups is 1. The molecule has 0 amide bonds. The van der Waals surface area contributed by atoms with Crippen LogP contribution in [0.2, 0.25) is 0 Å². The van der Waals surface area contributed by atoms with Gasteiger partial charge in [0.2, 0.25) is 0 Å². The van der Waals surface area contributed by atoms with Crippen LogP contribution in [0.25, 0.3) is 0 Å². The minimum absolute atomic E-state index is 0.0765. The Balaban J connectivity index is 2.56. The molecule has 1 saturated carbocycles. The normalized spacial score (nSPS) is 29.3. The summed E-state index contributed by atoms with van der Waals surface area (Å²) in [6.45, 7) is 6.63. The lowest BCUT2D eigenvalue weighted by atomic mass is 9.86. The highest BCUT2D eigenvalue weighted by Crippen LogP contribution is 2.28. The number of aliphatic hydroxyl groups excluding tert-OH is 1. The number of rotatable bonds is 0. The van der Waals surface area contributed by atoms with Gasteiger partial charge >= 0.3 is 0 Å². The molecule has 0 unspecified atom stereocenters. The van der Waals surface area contributed by atoms with E-state index in [0.29, 0.717) is 0 Å². The molecule has 1 N–H and O–H groups in total. The van der Waals surface area contributed by atoms with Crippen molar-refractivity contribution in [2.45, 2.75) is 52.6 Å². The molecule has 1 fully saturated rings. The lowest BCUT2D eigenvalue weighted by Gasteiger charge is -2.23. The van der Waals surface area contributed by atoms with Crippen molar-refractivity contribution in [1.82, 2.24) is 0 Å². The smallest absolute Gasteiger partial charge is 0.0577 e. The molecule has 70 valence electrons. The van der Waals surface area contributed by atoms with Gasteiger partial charge in [0.25, 0.3) is 0 Å². The summed E-state index contributed by atoms with van der Waals surface area (Å²) in [4.78, 5) is 0. The van der Waals surface area contributed by atoms with Gasteiger partial charge in [-0.15, -0.1) is 0 Å². The highest BCUT2D eigenvalue weighted by Gasteiger charge is 2.16. The van der Waals surface area contributed by atoms with Crippen LogP contribution in [0, 0.1) is 5.41 Å². The average molecular weight is 168 g/mol. The molecular weight excluding hydrogens is 148 g/mol. The van der Waals surface area contributed by atoms with Crippen LogP contribution in [0.1, 0.15) is 46.5 Å². The Hall–Kier alpha value is -0.300. The van der Waals surface area contributed by atoms with Crippen molar-refractivity contribution in [2.75, 3.05) is 0 Å². The van der Waals surface area contributed by atoms with Gasteiger partial charge in [-0.1, -0.05) is 32.4 Å². The van der Waals surface area contributed by atoms with E-state index >= 15 is 0 Å². The first-order valence-electron chi connectivity index (χ1n) is 4.86. The van der Waals surface area contributed by atoms with Gasteiger partial charge in [0.15, 0.2) is 0 Å². The quantitative estimate of drug-likeness (QED) is 0.551. The Morgan fingerprint density at radius 1 is 1.42 bits per heavy atom. The van der Waals surface area contributed by atoms with Crippen molar-refractivity contribution in [3.8, 4) is 0 Å². The Labute approximate surface area is 75.5 Å². The molecule has 0 aromatic heterocycles. The highest BCUT2D eigenvalue weighted by molar-refractivity contribution is 5.10. The second-order valence-corrected chi connectivity index (χ2v) is 4.92. The van der Waals surface area contributed by atoms with Crippen LogP contribution in [-0.4, -0.2) is 11.2 Å². The van der Waals surface area contributed by atoms with Crippen LogP contribution >= 0.6 is 0 Å². The zero-order chi connectivity index (χ0) is 9.19. The van der Waals surface area contributed by atoms with Crippen molar-refractivity contribution in [3.05, 3.63) is 11.6 Å². The predicted octanol–water partition coefficient (Wildman–Crippen LogP) is 2.89. The van der Waals surface area contributed by atoms with E-state index in [4.69, 9.17) is 0 Å². The summed E-state index contributed by atoms with van der Waals surface area (Å²) in [7, 11) is 0. The van der Waals surface area contributed by atoms with Crippen molar-refractivity contribution in [1.29, 1.82) is 0 Å². The Kier molecular flexibility index (Phi) is 2.94. The largest absolute Gasteiger partial charge is 0.393 e. The first-order chi connectivity index (χ1) is 5.47. The van der Waals surface area contributed by atoms with Crippen LogP contribution in [0.4, 0.5) is 0 Å². The summed E-state index contributed by atoms with van der Waals surface area (Å²) in [5, 5.41) is 9.44. The third kappa shape index (κ3) is 3.40. The highest BCUT2D eigenvalue weighted by atomic mass is 16.3. The van der Waals surface area contributed by atoms with Crippen LogP contribution in [0.15, 0.2) is 11.6 Å². The SMILES string of the molecule is CC(C)(C)/C=C1\CCC[C@@H](O)C1. The van der Waals surface area contributed by atoms with Gasteiger partial charge in [0.05, 0.1) is 6.10 Å². The van der Waals surface area contributed by atoms with Gasteiger partial charge in [0, 0.05) is 0 Å². The van der Waals surface area contributed by atoms with Gasteiger partial charge in [-0.2, -0.15) is 0 Å². The zero-order valence-corrected chi connectivity index (χ0v) is 8.43. The molecule has 1 nitrogen and oxygen atoms in total. The summed E-state index contributed by atoms with van der Waals surface area (Å²) in [6.07, 6.45) is 6.47. The number of hydrogen-bond donors (Lipinski definition) is 1. The molecule has 12 heavy (non-hydrogen) atoms. The summed E-state index contributed by atoms with van der Waals surface area (Å²) < 4.78 is 0. The van der Waals surface area contributed by atoms with Crippen molar-refractivity contribution >= 4 is 0 Å². The van der Waals surface area contributed by atoms with Gasteiger partial charge < -0.3 is 5.11 Å². The summed E-state index contributed by atoms with van der Waals surface area (Å²) in [5.74, 6) is 0. The molecule has 0 aliphatic heterocycles. The van der Waals surface area contributed by atoms with Gasteiger partial charge in [-0.3, -0.25) is 0 Å². The van der Waals surface area contributed by atoms with Crippen LogP contribution < -0.4 is 0 Å². The van der Waals surface area contributed by atoms with E-state index in [1.165, 1.54) is 12.0 Å². The fourth-order valence-corrected chi connectivity index (χ4v) is 1.81. The zero-order valence-electron chi connectivity index (χ0n) is 8.43. The average Bonchev–Trinajstić information content (AvgIpc) is 1.82. The fraction of sp³-hybridized carbons (Fsp3) is 0.818. The molecule has 1 atom stereocenters. The monoisotopic (exact) mass is 168 g/mol. The van der Waals surface area contributed by atoms with Crippen molar-refractivity contribution in [2.24, 2.45) is 5.41 Å². The third-order valence-electron chi connectivity index (χ3n) is 2.17. The lowest BCUT2D eigenvalue weighted by molar-refractivity contribution is 0.149. The maximum absolute atomic E-state index is 9.44. The molecule has 0 radical (unpaired) electrons. The number of allylic oxidation sites excluding steroid dienone is 1. The second-order valence-electron chi connectivity index (χ2n) is 4.92. The molecule has 0 saturated heterocycles. The van der Waals surface area contributed by atoms with Gasteiger partial charge in [0.1, 0.15) is 0 Å².